The minimum absolute atomic E-state index is 0.546. The second-order valence-corrected chi connectivity index (χ2v) is 3.66. The van der Waals surface area contributed by atoms with E-state index in [1.54, 1.807) is 0 Å². The summed E-state index contributed by atoms with van der Waals surface area (Å²) in [5.74, 6) is 1.13. The third-order valence-electron chi connectivity index (χ3n) is 2.50. The van der Waals surface area contributed by atoms with Crippen molar-refractivity contribution in [1.82, 2.24) is 9.55 Å². The van der Waals surface area contributed by atoms with Crippen molar-refractivity contribution in [3.8, 4) is 0 Å². The first-order valence-corrected chi connectivity index (χ1v) is 5.58. The predicted molar refractivity (Wildman–Crippen MR) is 58.9 cm³/mol. The zero-order valence-electron chi connectivity index (χ0n) is 9.08. The van der Waals surface area contributed by atoms with E-state index in [-0.39, 0.29) is 0 Å². The Bertz CT molecular complexity index is 242. The van der Waals surface area contributed by atoms with Crippen molar-refractivity contribution in [2.45, 2.75) is 52.1 Å². The Morgan fingerprint density at radius 3 is 2.79 bits per heavy atom. The first-order chi connectivity index (χ1) is 6.88. The molecule has 0 radical (unpaired) electrons. The Labute approximate surface area is 86.3 Å². The summed E-state index contributed by atoms with van der Waals surface area (Å²) in [6.45, 7) is 2.78. The smallest absolute Gasteiger partial charge is 0.109 e. The summed E-state index contributed by atoms with van der Waals surface area (Å²) >= 11 is 0. The fourth-order valence-corrected chi connectivity index (χ4v) is 1.62. The van der Waals surface area contributed by atoms with Gasteiger partial charge in [-0.1, -0.05) is 32.6 Å². The Hall–Kier alpha value is -0.830. The number of hydrogen-bond acceptors (Lipinski definition) is 2. The highest BCUT2D eigenvalue weighted by Crippen LogP contribution is 2.07. The molecule has 1 rings (SSSR count). The predicted octanol–water partition coefficient (Wildman–Crippen LogP) is 2.31. The topological polar surface area (TPSA) is 43.8 Å². The maximum Gasteiger partial charge on any atom is 0.109 e. The Morgan fingerprint density at radius 2 is 2.07 bits per heavy atom. The summed E-state index contributed by atoms with van der Waals surface area (Å²) in [4.78, 5) is 4.29. The van der Waals surface area contributed by atoms with Crippen molar-refractivity contribution in [1.29, 1.82) is 0 Å². The summed E-state index contributed by atoms with van der Waals surface area (Å²) in [7, 11) is 0. The van der Waals surface area contributed by atoms with Crippen LogP contribution in [0, 0.1) is 0 Å². The first kappa shape index (κ1) is 11.2. The molecule has 1 aromatic heterocycles. The summed E-state index contributed by atoms with van der Waals surface area (Å²) in [5, 5.41) is 0. The van der Waals surface area contributed by atoms with E-state index in [4.69, 9.17) is 5.73 Å². The van der Waals surface area contributed by atoms with Gasteiger partial charge in [-0.05, 0) is 6.42 Å². The van der Waals surface area contributed by atoms with Crippen LogP contribution in [0.2, 0.25) is 0 Å². The molecule has 0 fully saturated rings. The third-order valence-corrected chi connectivity index (χ3v) is 2.50. The van der Waals surface area contributed by atoms with E-state index >= 15 is 0 Å². The van der Waals surface area contributed by atoms with Crippen LogP contribution in [-0.2, 0) is 13.1 Å². The van der Waals surface area contributed by atoms with Crippen molar-refractivity contribution < 1.29 is 0 Å². The van der Waals surface area contributed by atoms with Crippen molar-refractivity contribution in [2.75, 3.05) is 0 Å². The fraction of sp³-hybridized carbons (Fsp3) is 0.727. The number of hydrogen-bond donors (Lipinski definition) is 1. The lowest BCUT2D eigenvalue weighted by Crippen LogP contribution is -2.09. The average molecular weight is 195 g/mol. The van der Waals surface area contributed by atoms with Gasteiger partial charge in [-0.3, -0.25) is 0 Å². The molecule has 0 aliphatic heterocycles. The minimum Gasteiger partial charge on any atom is -0.322 e. The van der Waals surface area contributed by atoms with Gasteiger partial charge < -0.3 is 10.3 Å². The zero-order valence-corrected chi connectivity index (χ0v) is 9.08. The van der Waals surface area contributed by atoms with Gasteiger partial charge in [0.25, 0.3) is 0 Å². The van der Waals surface area contributed by atoms with Crippen LogP contribution in [0.3, 0.4) is 0 Å². The molecule has 0 aliphatic carbocycles. The molecule has 0 aromatic carbocycles. The van der Waals surface area contributed by atoms with Crippen molar-refractivity contribution in [3.63, 3.8) is 0 Å². The van der Waals surface area contributed by atoms with E-state index in [2.05, 4.69) is 11.9 Å². The Balaban J connectivity index is 2.17. The number of rotatable bonds is 7. The molecule has 0 saturated carbocycles. The van der Waals surface area contributed by atoms with Crippen molar-refractivity contribution in [2.24, 2.45) is 5.73 Å². The van der Waals surface area contributed by atoms with E-state index in [0.29, 0.717) is 6.67 Å². The lowest BCUT2D eigenvalue weighted by atomic mass is 10.1. The molecule has 0 spiro atoms. The zero-order chi connectivity index (χ0) is 10.2. The van der Waals surface area contributed by atoms with Crippen LogP contribution in [0.15, 0.2) is 12.4 Å². The second kappa shape index (κ2) is 6.60. The minimum atomic E-state index is 0.546. The van der Waals surface area contributed by atoms with Gasteiger partial charge in [0.2, 0.25) is 0 Å². The van der Waals surface area contributed by atoms with Crippen LogP contribution in [0.4, 0.5) is 0 Å². The van der Waals surface area contributed by atoms with Crippen LogP contribution in [0.5, 0.6) is 0 Å². The highest BCUT2D eigenvalue weighted by molar-refractivity contribution is 4.91. The molecule has 0 aliphatic rings. The van der Waals surface area contributed by atoms with Crippen LogP contribution >= 0.6 is 0 Å². The molecule has 2 N–H and O–H groups in total. The standard InChI is InChI=1S/C11H21N3/c1-2-3-4-5-6-7-11-13-8-9-14(11)10-12/h8-9H,2-7,10,12H2,1H3. The fourth-order valence-electron chi connectivity index (χ4n) is 1.62. The van der Waals surface area contributed by atoms with Gasteiger partial charge in [-0.25, -0.2) is 4.98 Å². The lowest BCUT2D eigenvalue weighted by molar-refractivity contribution is 0.598. The molecule has 80 valence electrons. The quantitative estimate of drug-likeness (QED) is 0.678. The summed E-state index contributed by atoms with van der Waals surface area (Å²) in [6, 6.07) is 0. The van der Waals surface area contributed by atoms with Crippen LogP contribution in [0.25, 0.3) is 0 Å². The van der Waals surface area contributed by atoms with Gasteiger partial charge in [0.05, 0.1) is 6.67 Å². The van der Waals surface area contributed by atoms with Crippen LogP contribution < -0.4 is 5.73 Å². The van der Waals surface area contributed by atoms with Crippen LogP contribution in [0.1, 0.15) is 44.9 Å². The highest BCUT2D eigenvalue weighted by Gasteiger charge is 1.99. The van der Waals surface area contributed by atoms with E-state index in [1.165, 1.54) is 32.1 Å². The van der Waals surface area contributed by atoms with Gasteiger partial charge >= 0.3 is 0 Å². The van der Waals surface area contributed by atoms with E-state index in [0.717, 1.165) is 12.2 Å². The molecule has 0 amide bonds. The average Bonchev–Trinajstić information content (AvgIpc) is 2.65. The van der Waals surface area contributed by atoms with Crippen molar-refractivity contribution >= 4 is 0 Å². The van der Waals surface area contributed by atoms with Gasteiger partial charge in [0, 0.05) is 18.8 Å². The SMILES string of the molecule is CCCCCCCc1nccn1CN. The molecular weight excluding hydrogens is 174 g/mol. The molecule has 0 unspecified atom stereocenters. The monoisotopic (exact) mass is 195 g/mol. The van der Waals surface area contributed by atoms with Gasteiger partial charge in [-0.2, -0.15) is 0 Å². The first-order valence-electron chi connectivity index (χ1n) is 5.58. The Morgan fingerprint density at radius 1 is 1.29 bits per heavy atom. The Kier molecular flexibility index (Phi) is 5.30. The van der Waals surface area contributed by atoms with E-state index < -0.39 is 0 Å². The largest absolute Gasteiger partial charge is 0.322 e. The van der Waals surface area contributed by atoms with Crippen molar-refractivity contribution in [3.05, 3.63) is 18.2 Å². The maximum absolute atomic E-state index is 5.57. The number of imidazole rings is 1. The third kappa shape index (κ3) is 3.50. The van der Waals surface area contributed by atoms with E-state index in [9.17, 15) is 0 Å². The van der Waals surface area contributed by atoms with Gasteiger partial charge in [0.1, 0.15) is 5.82 Å². The number of unbranched alkanes of at least 4 members (excludes halogenated alkanes) is 4. The van der Waals surface area contributed by atoms with E-state index in [1.807, 2.05) is 17.0 Å². The molecule has 0 atom stereocenters. The molecule has 1 aromatic rings. The molecule has 0 saturated heterocycles. The normalized spacial score (nSPS) is 10.7. The molecule has 3 heteroatoms. The van der Waals surface area contributed by atoms with Gasteiger partial charge in [0.15, 0.2) is 0 Å². The highest BCUT2D eigenvalue weighted by atomic mass is 15.1. The van der Waals surface area contributed by atoms with Crippen LogP contribution in [-0.4, -0.2) is 9.55 Å². The number of aromatic nitrogens is 2. The number of aryl methyl sites for hydroxylation is 1. The molecule has 0 bridgehead atoms. The summed E-state index contributed by atoms with van der Waals surface area (Å²) in [5.41, 5.74) is 5.57. The lowest BCUT2D eigenvalue weighted by Gasteiger charge is -2.03. The second-order valence-electron chi connectivity index (χ2n) is 3.66. The summed E-state index contributed by atoms with van der Waals surface area (Å²) in [6.07, 6.45) is 11.4. The summed E-state index contributed by atoms with van der Waals surface area (Å²) < 4.78 is 2.01. The molecule has 1 heterocycles. The molecule has 3 nitrogen and oxygen atoms in total. The van der Waals surface area contributed by atoms with Gasteiger partial charge in [-0.15, -0.1) is 0 Å². The number of nitrogens with two attached hydrogens (primary N) is 1. The number of nitrogens with zero attached hydrogens (tertiary/aromatic N) is 2. The molecule has 14 heavy (non-hydrogen) atoms. The molecular formula is C11H21N3. The maximum atomic E-state index is 5.57.